The summed E-state index contributed by atoms with van der Waals surface area (Å²) in [7, 11) is 1.72. The molecule has 2 amide bonds. The Kier molecular flexibility index (Phi) is 6.80. The van der Waals surface area contributed by atoms with Crippen LogP contribution < -0.4 is 10.5 Å². The minimum Gasteiger partial charge on any atom is -0.491 e. The third-order valence-corrected chi connectivity index (χ3v) is 4.58. The van der Waals surface area contributed by atoms with Crippen molar-refractivity contribution in [2.45, 2.75) is 6.04 Å². The third kappa shape index (κ3) is 4.08. The minimum absolute atomic E-state index is 0. The molecule has 2 saturated heterocycles. The highest BCUT2D eigenvalue weighted by Crippen LogP contribution is 2.25. The molecule has 2 aliphatic rings. The molecule has 2 bridgehead atoms. The number of likely N-dealkylation sites (N-methyl/N-ethyl adjacent to an activating group) is 1. The zero-order valence-corrected chi connectivity index (χ0v) is 15.3. The molecular formula is C17H23ClFN3O4. The van der Waals surface area contributed by atoms with Gasteiger partial charge in [-0.2, -0.15) is 0 Å². The van der Waals surface area contributed by atoms with Crippen molar-refractivity contribution in [1.29, 1.82) is 0 Å². The first-order valence-electron chi connectivity index (χ1n) is 8.27. The van der Waals surface area contributed by atoms with E-state index in [1.165, 1.54) is 12.1 Å². The molecule has 144 valence electrons. The van der Waals surface area contributed by atoms with Gasteiger partial charge in [-0.1, -0.05) is 0 Å². The lowest BCUT2D eigenvalue weighted by Crippen LogP contribution is -2.45. The van der Waals surface area contributed by atoms with Crippen LogP contribution in [0, 0.1) is 11.7 Å². The van der Waals surface area contributed by atoms with Gasteiger partial charge in [-0.05, 0) is 18.2 Å². The van der Waals surface area contributed by atoms with E-state index < -0.39 is 11.7 Å². The van der Waals surface area contributed by atoms with Crippen molar-refractivity contribution in [3.8, 4) is 5.75 Å². The number of amides is 2. The van der Waals surface area contributed by atoms with E-state index in [1.807, 2.05) is 0 Å². The van der Waals surface area contributed by atoms with Gasteiger partial charge in [-0.3, -0.25) is 9.59 Å². The number of ether oxygens (including phenoxy) is 2. The fourth-order valence-corrected chi connectivity index (χ4v) is 3.20. The number of benzene rings is 1. The second kappa shape index (κ2) is 8.66. The molecule has 0 spiro atoms. The summed E-state index contributed by atoms with van der Waals surface area (Å²) < 4.78 is 24.7. The van der Waals surface area contributed by atoms with E-state index in [0.29, 0.717) is 18.9 Å². The molecule has 1 aromatic rings. The fourth-order valence-electron chi connectivity index (χ4n) is 3.20. The van der Waals surface area contributed by atoms with E-state index in [4.69, 9.17) is 15.2 Å². The van der Waals surface area contributed by atoms with Gasteiger partial charge >= 0.3 is 0 Å². The van der Waals surface area contributed by atoms with Gasteiger partial charge in [-0.15, -0.1) is 12.4 Å². The summed E-state index contributed by atoms with van der Waals surface area (Å²) in [6.07, 6.45) is 0. The van der Waals surface area contributed by atoms with E-state index in [-0.39, 0.29) is 62.1 Å². The van der Waals surface area contributed by atoms with Gasteiger partial charge < -0.3 is 25.0 Å². The maximum atomic E-state index is 13.7. The molecule has 0 aromatic heterocycles. The van der Waals surface area contributed by atoms with E-state index in [9.17, 15) is 14.0 Å². The average Bonchev–Trinajstić information content (AvgIpc) is 2.78. The van der Waals surface area contributed by atoms with Gasteiger partial charge in [0.15, 0.2) is 0 Å². The maximum absolute atomic E-state index is 13.7. The van der Waals surface area contributed by atoms with Crippen molar-refractivity contribution >= 4 is 24.2 Å². The molecule has 9 heteroatoms. The van der Waals surface area contributed by atoms with Gasteiger partial charge in [0.25, 0.3) is 5.91 Å². The number of carbonyl (C=O) groups excluding carboxylic acids is 2. The number of hydrogen-bond donors (Lipinski definition) is 1. The molecular weight excluding hydrogens is 365 g/mol. The van der Waals surface area contributed by atoms with Gasteiger partial charge in [0.1, 0.15) is 18.2 Å². The highest BCUT2D eigenvalue weighted by molar-refractivity contribution is 5.97. The molecule has 2 N–H and O–H groups in total. The highest BCUT2D eigenvalue weighted by Gasteiger charge is 2.39. The summed E-state index contributed by atoms with van der Waals surface area (Å²) >= 11 is 0. The monoisotopic (exact) mass is 387 g/mol. The number of halogens is 2. The number of nitrogens with zero attached hydrogens (tertiary/aromatic N) is 2. The first-order chi connectivity index (χ1) is 12.0. The van der Waals surface area contributed by atoms with Gasteiger partial charge in [0, 0.05) is 26.7 Å². The van der Waals surface area contributed by atoms with Crippen LogP contribution in [0.15, 0.2) is 18.2 Å². The van der Waals surface area contributed by atoms with E-state index in [1.54, 1.807) is 16.8 Å². The lowest BCUT2D eigenvalue weighted by atomic mass is 10.1. The Hall–Kier alpha value is -1.90. The predicted molar refractivity (Wildman–Crippen MR) is 95.0 cm³/mol. The van der Waals surface area contributed by atoms with Crippen molar-refractivity contribution in [3.63, 3.8) is 0 Å². The minimum atomic E-state index is -0.519. The Morgan fingerprint density at radius 2 is 2.15 bits per heavy atom. The topological polar surface area (TPSA) is 85.1 Å². The van der Waals surface area contributed by atoms with Crippen LogP contribution in [0.5, 0.6) is 5.75 Å². The number of carbonyl (C=O) groups is 2. The van der Waals surface area contributed by atoms with Crippen molar-refractivity contribution < 1.29 is 23.5 Å². The molecule has 3 rings (SSSR count). The van der Waals surface area contributed by atoms with Crippen LogP contribution in [0.25, 0.3) is 0 Å². The van der Waals surface area contributed by atoms with Crippen LogP contribution in [0.3, 0.4) is 0 Å². The Labute approximate surface area is 157 Å². The Balaban J connectivity index is 0.00000243. The Bertz CT molecular complexity index is 675. The lowest BCUT2D eigenvalue weighted by Gasteiger charge is -2.29. The first-order valence-corrected chi connectivity index (χ1v) is 8.27. The first kappa shape index (κ1) is 20.4. The number of rotatable bonds is 4. The molecule has 1 aromatic carbocycles. The molecule has 0 saturated carbocycles. The van der Waals surface area contributed by atoms with Crippen LogP contribution in [-0.4, -0.2) is 74.2 Å². The molecule has 0 radical (unpaired) electrons. The Morgan fingerprint density at radius 1 is 1.38 bits per heavy atom. The highest BCUT2D eigenvalue weighted by atomic mass is 35.5. The zero-order valence-electron chi connectivity index (χ0n) is 14.5. The smallest absolute Gasteiger partial charge is 0.257 e. The molecule has 0 aliphatic carbocycles. The number of fused-ring (bicyclic) bond motifs is 3. The predicted octanol–water partition coefficient (Wildman–Crippen LogP) is 0.514. The largest absolute Gasteiger partial charge is 0.491 e. The Morgan fingerprint density at radius 3 is 2.88 bits per heavy atom. The van der Waals surface area contributed by atoms with Gasteiger partial charge in [0.2, 0.25) is 5.91 Å². The van der Waals surface area contributed by atoms with Gasteiger partial charge in [-0.25, -0.2) is 4.39 Å². The van der Waals surface area contributed by atoms with Crippen LogP contribution in [0.2, 0.25) is 0 Å². The van der Waals surface area contributed by atoms with Crippen molar-refractivity contribution in [1.82, 2.24) is 9.80 Å². The third-order valence-electron chi connectivity index (χ3n) is 4.58. The molecule has 2 aliphatic heterocycles. The summed E-state index contributed by atoms with van der Waals surface area (Å²) in [6, 6.07) is 3.62. The van der Waals surface area contributed by atoms with Crippen LogP contribution >= 0.6 is 12.4 Å². The summed E-state index contributed by atoms with van der Waals surface area (Å²) in [5.74, 6) is -1.02. The van der Waals surface area contributed by atoms with Crippen LogP contribution in [0.4, 0.5) is 4.39 Å². The van der Waals surface area contributed by atoms with Crippen molar-refractivity contribution in [2.24, 2.45) is 11.7 Å². The maximum Gasteiger partial charge on any atom is 0.257 e. The number of nitrogens with two attached hydrogens (primary N) is 1. The van der Waals surface area contributed by atoms with Crippen LogP contribution in [0.1, 0.15) is 10.4 Å². The number of hydrogen-bond acceptors (Lipinski definition) is 5. The molecule has 7 nitrogen and oxygen atoms in total. The van der Waals surface area contributed by atoms with E-state index in [0.717, 1.165) is 6.07 Å². The lowest BCUT2D eigenvalue weighted by molar-refractivity contribution is -0.133. The summed E-state index contributed by atoms with van der Waals surface area (Å²) in [5, 5.41) is 0. The van der Waals surface area contributed by atoms with Crippen molar-refractivity contribution in [2.75, 3.05) is 46.5 Å². The SMILES string of the molecule is CN1C(=O)[C@H]2COC[C@@H]1CN(C(=O)c1cc(F)ccc1OCCN)C2.Cl. The molecule has 0 unspecified atom stereocenters. The average molecular weight is 388 g/mol. The van der Waals surface area contributed by atoms with E-state index in [2.05, 4.69) is 0 Å². The second-order valence-corrected chi connectivity index (χ2v) is 6.33. The summed E-state index contributed by atoms with van der Waals surface area (Å²) in [4.78, 5) is 28.6. The summed E-state index contributed by atoms with van der Waals surface area (Å²) in [6.45, 7) is 1.75. The van der Waals surface area contributed by atoms with E-state index >= 15 is 0 Å². The quantitative estimate of drug-likeness (QED) is 0.813. The molecule has 2 atom stereocenters. The summed E-state index contributed by atoms with van der Waals surface area (Å²) in [5.41, 5.74) is 5.58. The van der Waals surface area contributed by atoms with Crippen molar-refractivity contribution in [3.05, 3.63) is 29.6 Å². The van der Waals surface area contributed by atoms with Gasteiger partial charge in [0.05, 0.1) is 30.7 Å². The standard InChI is InChI=1S/C17H22FN3O4.ClH/c1-20-13-8-21(7-11(16(20)22)9-24-10-13)17(23)14-6-12(18)2-3-15(14)25-5-4-19;/h2-3,6,11,13H,4-5,7-10,19H2,1H3;1H/t11-,13+;/m1./s1. The fraction of sp³-hybridized carbons (Fsp3) is 0.529. The molecule has 2 heterocycles. The second-order valence-electron chi connectivity index (χ2n) is 6.33. The molecule has 2 fully saturated rings. The molecule has 26 heavy (non-hydrogen) atoms. The zero-order chi connectivity index (χ0) is 18.0. The normalized spacial score (nSPS) is 22.5. The van der Waals surface area contributed by atoms with Crippen LogP contribution in [-0.2, 0) is 9.53 Å².